The SMILES string of the molecule is COc1ccc(O)cc1-c1nccn1Cc1cccc(-n2cccn2)c1. The molecule has 2 aromatic carbocycles. The van der Waals surface area contributed by atoms with Crippen LogP contribution < -0.4 is 4.74 Å². The van der Waals surface area contributed by atoms with Crippen LogP contribution in [0.25, 0.3) is 17.1 Å². The molecule has 0 spiro atoms. The molecule has 0 atom stereocenters. The summed E-state index contributed by atoms with van der Waals surface area (Å²) in [6.45, 7) is 0.642. The first-order valence-corrected chi connectivity index (χ1v) is 8.22. The summed E-state index contributed by atoms with van der Waals surface area (Å²) < 4.78 is 9.28. The Morgan fingerprint density at radius 1 is 1.04 bits per heavy atom. The maximum atomic E-state index is 9.85. The van der Waals surface area contributed by atoms with Crippen molar-refractivity contribution in [2.24, 2.45) is 0 Å². The van der Waals surface area contributed by atoms with Gasteiger partial charge in [0.1, 0.15) is 17.3 Å². The van der Waals surface area contributed by atoms with E-state index >= 15 is 0 Å². The van der Waals surface area contributed by atoms with Crippen LogP contribution in [0.4, 0.5) is 0 Å². The van der Waals surface area contributed by atoms with E-state index in [4.69, 9.17) is 4.74 Å². The van der Waals surface area contributed by atoms with Crippen molar-refractivity contribution in [2.75, 3.05) is 7.11 Å². The van der Waals surface area contributed by atoms with Gasteiger partial charge in [-0.25, -0.2) is 9.67 Å². The number of methoxy groups -OCH3 is 1. The third-order valence-electron chi connectivity index (χ3n) is 4.17. The van der Waals surface area contributed by atoms with E-state index in [0.29, 0.717) is 12.3 Å². The zero-order valence-corrected chi connectivity index (χ0v) is 14.3. The molecule has 130 valence electrons. The van der Waals surface area contributed by atoms with E-state index in [1.807, 2.05) is 39.8 Å². The van der Waals surface area contributed by atoms with Gasteiger partial charge in [-0.3, -0.25) is 0 Å². The van der Waals surface area contributed by atoms with Gasteiger partial charge in [-0.15, -0.1) is 0 Å². The number of phenols is 1. The van der Waals surface area contributed by atoms with Crippen LogP contribution in [0.15, 0.2) is 73.3 Å². The molecule has 0 radical (unpaired) electrons. The van der Waals surface area contributed by atoms with Crippen molar-refractivity contribution in [3.63, 3.8) is 0 Å². The summed E-state index contributed by atoms with van der Waals surface area (Å²) in [5.41, 5.74) is 2.88. The van der Waals surface area contributed by atoms with Crippen molar-refractivity contribution in [3.8, 4) is 28.6 Å². The lowest BCUT2D eigenvalue weighted by molar-refractivity contribution is 0.413. The molecule has 0 aliphatic carbocycles. The molecule has 0 bridgehead atoms. The molecule has 1 N–H and O–H groups in total. The number of ether oxygens (including phenoxy) is 1. The Morgan fingerprint density at radius 2 is 1.96 bits per heavy atom. The molecule has 2 aromatic heterocycles. The smallest absolute Gasteiger partial charge is 0.144 e. The maximum Gasteiger partial charge on any atom is 0.144 e. The molecule has 0 unspecified atom stereocenters. The van der Waals surface area contributed by atoms with Crippen LogP contribution in [-0.4, -0.2) is 31.5 Å². The summed E-state index contributed by atoms with van der Waals surface area (Å²) in [6.07, 6.45) is 7.34. The zero-order valence-electron chi connectivity index (χ0n) is 14.3. The quantitative estimate of drug-likeness (QED) is 0.601. The average Bonchev–Trinajstić information content (AvgIpc) is 3.34. The lowest BCUT2D eigenvalue weighted by Crippen LogP contribution is -2.03. The number of hydrogen-bond acceptors (Lipinski definition) is 4. The summed E-state index contributed by atoms with van der Waals surface area (Å²) in [6, 6.07) is 15.1. The van der Waals surface area contributed by atoms with E-state index in [-0.39, 0.29) is 5.75 Å². The van der Waals surface area contributed by atoms with Crippen LogP contribution in [-0.2, 0) is 6.54 Å². The van der Waals surface area contributed by atoms with Gasteiger partial charge in [-0.05, 0) is 42.0 Å². The number of aromatic nitrogens is 4. The minimum absolute atomic E-state index is 0.177. The number of phenolic OH excluding ortho intramolecular Hbond substituents is 1. The number of hydrogen-bond donors (Lipinski definition) is 1. The van der Waals surface area contributed by atoms with Gasteiger partial charge in [0.05, 0.1) is 18.4 Å². The molecule has 4 rings (SSSR count). The first kappa shape index (κ1) is 16.0. The van der Waals surface area contributed by atoms with Crippen LogP contribution in [0.3, 0.4) is 0 Å². The number of nitrogens with zero attached hydrogens (tertiary/aromatic N) is 4. The predicted octanol–water partition coefficient (Wildman–Crippen LogP) is 3.50. The average molecular weight is 346 g/mol. The first-order valence-electron chi connectivity index (χ1n) is 8.22. The Labute approximate surface area is 150 Å². The molecule has 6 nitrogen and oxygen atoms in total. The van der Waals surface area contributed by atoms with Crippen LogP contribution in [0.5, 0.6) is 11.5 Å². The minimum atomic E-state index is 0.177. The lowest BCUT2D eigenvalue weighted by Gasteiger charge is -2.12. The number of imidazole rings is 1. The molecular weight excluding hydrogens is 328 g/mol. The summed E-state index contributed by atoms with van der Waals surface area (Å²) in [4.78, 5) is 4.46. The molecule has 26 heavy (non-hydrogen) atoms. The fourth-order valence-corrected chi connectivity index (χ4v) is 2.97. The second kappa shape index (κ2) is 6.76. The fourth-order valence-electron chi connectivity index (χ4n) is 2.97. The van der Waals surface area contributed by atoms with Gasteiger partial charge in [-0.1, -0.05) is 12.1 Å². The van der Waals surface area contributed by atoms with Crippen molar-refractivity contribution >= 4 is 0 Å². The summed E-state index contributed by atoms with van der Waals surface area (Å²) in [5.74, 6) is 1.58. The third-order valence-corrected chi connectivity index (χ3v) is 4.17. The van der Waals surface area contributed by atoms with Gasteiger partial charge >= 0.3 is 0 Å². The molecule has 0 aliphatic rings. The van der Waals surface area contributed by atoms with Gasteiger partial charge in [0, 0.05) is 31.3 Å². The van der Waals surface area contributed by atoms with Crippen LogP contribution in [0.1, 0.15) is 5.56 Å². The molecular formula is C20H18N4O2. The van der Waals surface area contributed by atoms with E-state index < -0.39 is 0 Å². The largest absolute Gasteiger partial charge is 0.508 e. The molecule has 0 fully saturated rings. The zero-order chi connectivity index (χ0) is 17.9. The Kier molecular flexibility index (Phi) is 4.15. The van der Waals surface area contributed by atoms with E-state index in [0.717, 1.165) is 22.6 Å². The number of benzene rings is 2. The Balaban J connectivity index is 1.69. The topological polar surface area (TPSA) is 65.1 Å². The van der Waals surface area contributed by atoms with Gasteiger partial charge in [0.25, 0.3) is 0 Å². The highest BCUT2D eigenvalue weighted by molar-refractivity contribution is 5.66. The van der Waals surface area contributed by atoms with E-state index in [2.05, 4.69) is 22.2 Å². The highest BCUT2D eigenvalue weighted by Crippen LogP contribution is 2.32. The normalized spacial score (nSPS) is 10.8. The second-order valence-corrected chi connectivity index (χ2v) is 5.88. The third kappa shape index (κ3) is 3.04. The molecule has 0 saturated carbocycles. The van der Waals surface area contributed by atoms with Crippen molar-refractivity contribution in [1.29, 1.82) is 0 Å². The summed E-state index contributed by atoms with van der Waals surface area (Å²) >= 11 is 0. The van der Waals surface area contributed by atoms with Crippen molar-refractivity contribution in [1.82, 2.24) is 19.3 Å². The van der Waals surface area contributed by atoms with Gasteiger partial charge < -0.3 is 14.4 Å². The lowest BCUT2D eigenvalue weighted by atomic mass is 10.1. The van der Waals surface area contributed by atoms with Crippen molar-refractivity contribution < 1.29 is 9.84 Å². The van der Waals surface area contributed by atoms with Crippen LogP contribution in [0, 0.1) is 0 Å². The molecule has 0 amide bonds. The summed E-state index contributed by atoms with van der Waals surface area (Å²) in [7, 11) is 1.61. The van der Waals surface area contributed by atoms with Gasteiger partial charge in [-0.2, -0.15) is 5.10 Å². The van der Waals surface area contributed by atoms with Gasteiger partial charge in [0.15, 0.2) is 0 Å². The highest BCUT2D eigenvalue weighted by Gasteiger charge is 2.13. The first-order chi connectivity index (χ1) is 12.7. The molecule has 4 aromatic rings. The van der Waals surface area contributed by atoms with E-state index in [1.54, 1.807) is 37.7 Å². The molecule has 6 heteroatoms. The number of rotatable bonds is 5. The molecule has 0 aliphatic heterocycles. The molecule has 2 heterocycles. The fraction of sp³-hybridized carbons (Fsp3) is 0.100. The predicted molar refractivity (Wildman–Crippen MR) is 98.5 cm³/mol. The van der Waals surface area contributed by atoms with Crippen molar-refractivity contribution in [3.05, 3.63) is 78.9 Å². The standard InChI is InChI=1S/C20H18N4O2/c1-26-19-7-6-17(25)13-18(19)20-21-9-11-23(20)14-15-4-2-5-16(12-15)24-10-3-8-22-24/h2-13,25H,14H2,1H3. The van der Waals surface area contributed by atoms with Crippen LogP contribution in [0.2, 0.25) is 0 Å². The Hall–Kier alpha value is -3.54. The Morgan fingerprint density at radius 3 is 2.77 bits per heavy atom. The second-order valence-electron chi connectivity index (χ2n) is 5.88. The van der Waals surface area contributed by atoms with Crippen molar-refractivity contribution in [2.45, 2.75) is 6.54 Å². The highest BCUT2D eigenvalue weighted by atomic mass is 16.5. The van der Waals surface area contributed by atoms with E-state index in [1.165, 1.54) is 0 Å². The number of aromatic hydroxyl groups is 1. The molecule has 0 saturated heterocycles. The Bertz CT molecular complexity index is 1020. The summed E-state index contributed by atoms with van der Waals surface area (Å²) in [5, 5.41) is 14.1. The maximum absolute atomic E-state index is 9.85. The van der Waals surface area contributed by atoms with Gasteiger partial charge in [0.2, 0.25) is 0 Å². The van der Waals surface area contributed by atoms with Crippen LogP contribution >= 0.6 is 0 Å². The minimum Gasteiger partial charge on any atom is -0.508 e. The van der Waals surface area contributed by atoms with E-state index in [9.17, 15) is 5.11 Å². The monoisotopic (exact) mass is 346 g/mol.